The lowest BCUT2D eigenvalue weighted by Crippen LogP contribution is -2.18. The van der Waals surface area contributed by atoms with Crippen molar-refractivity contribution in [1.82, 2.24) is 5.32 Å². The Morgan fingerprint density at radius 3 is 2.29 bits per heavy atom. The predicted octanol–water partition coefficient (Wildman–Crippen LogP) is 3.93. The van der Waals surface area contributed by atoms with Crippen LogP contribution < -0.4 is 14.8 Å². The van der Waals surface area contributed by atoms with Gasteiger partial charge in [0.15, 0.2) is 0 Å². The molecule has 0 aliphatic heterocycles. The summed E-state index contributed by atoms with van der Waals surface area (Å²) in [5.41, 5.74) is 2.79. The SMILES string of the molecule is CNC(=O)c1ccc(OC)c(COc2ccc(C(C)(C)C)cc2)c1. The first-order chi connectivity index (χ1) is 11.3. The van der Waals surface area contributed by atoms with Crippen LogP contribution in [0.1, 0.15) is 42.3 Å². The van der Waals surface area contributed by atoms with Crippen molar-refractivity contribution in [2.24, 2.45) is 0 Å². The van der Waals surface area contributed by atoms with Crippen molar-refractivity contribution in [2.45, 2.75) is 32.8 Å². The van der Waals surface area contributed by atoms with E-state index in [-0.39, 0.29) is 11.3 Å². The molecule has 1 N–H and O–H groups in total. The molecule has 0 spiro atoms. The smallest absolute Gasteiger partial charge is 0.251 e. The summed E-state index contributed by atoms with van der Waals surface area (Å²) < 4.78 is 11.2. The predicted molar refractivity (Wildman–Crippen MR) is 95.9 cm³/mol. The van der Waals surface area contributed by atoms with Crippen molar-refractivity contribution in [2.75, 3.05) is 14.2 Å². The second-order valence-electron chi connectivity index (χ2n) is 6.67. The summed E-state index contributed by atoms with van der Waals surface area (Å²) >= 11 is 0. The molecule has 128 valence electrons. The third-order valence-corrected chi connectivity index (χ3v) is 3.88. The van der Waals surface area contributed by atoms with Crippen LogP contribution in [0, 0.1) is 0 Å². The normalized spacial score (nSPS) is 11.0. The topological polar surface area (TPSA) is 47.6 Å². The molecule has 0 atom stereocenters. The number of hydrogen-bond donors (Lipinski definition) is 1. The summed E-state index contributed by atoms with van der Waals surface area (Å²) in [4.78, 5) is 11.8. The van der Waals surface area contributed by atoms with Gasteiger partial charge in [-0.3, -0.25) is 4.79 Å². The lowest BCUT2D eigenvalue weighted by atomic mass is 9.87. The van der Waals surface area contributed by atoms with Gasteiger partial charge in [-0.05, 0) is 41.3 Å². The lowest BCUT2D eigenvalue weighted by molar-refractivity contribution is 0.0963. The van der Waals surface area contributed by atoms with Crippen LogP contribution in [0.2, 0.25) is 0 Å². The maximum absolute atomic E-state index is 11.8. The molecule has 0 aliphatic carbocycles. The fourth-order valence-corrected chi connectivity index (χ4v) is 2.39. The van der Waals surface area contributed by atoms with E-state index in [1.807, 2.05) is 12.1 Å². The third-order valence-electron chi connectivity index (χ3n) is 3.88. The molecule has 4 nitrogen and oxygen atoms in total. The zero-order valence-corrected chi connectivity index (χ0v) is 15.0. The number of rotatable bonds is 5. The van der Waals surface area contributed by atoms with Gasteiger partial charge in [0.2, 0.25) is 0 Å². The highest BCUT2D eigenvalue weighted by Gasteiger charge is 2.13. The molecule has 0 saturated heterocycles. The molecule has 0 fully saturated rings. The van der Waals surface area contributed by atoms with E-state index in [4.69, 9.17) is 9.47 Å². The molecule has 0 radical (unpaired) electrons. The Morgan fingerprint density at radius 1 is 1.08 bits per heavy atom. The average Bonchev–Trinajstić information content (AvgIpc) is 2.58. The Morgan fingerprint density at radius 2 is 1.75 bits per heavy atom. The Bertz CT molecular complexity index is 700. The Hall–Kier alpha value is -2.49. The molecule has 0 heterocycles. The zero-order chi connectivity index (χ0) is 17.7. The number of methoxy groups -OCH3 is 1. The minimum Gasteiger partial charge on any atom is -0.496 e. The lowest BCUT2D eigenvalue weighted by Gasteiger charge is -2.19. The average molecular weight is 327 g/mol. The van der Waals surface area contributed by atoms with Gasteiger partial charge < -0.3 is 14.8 Å². The van der Waals surface area contributed by atoms with E-state index in [1.54, 1.807) is 32.4 Å². The summed E-state index contributed by atoms with van der Waals surface area (Å²) in [5.74, 6) is 1.36. The van der Waals surface area contributed by atoms with Gasteiger partial charge in [-0.1, -0.05) is 32.9 Å². The highest BCUT2D eigenvalue weighted by molar-refractivity contribution is 5.94. The van der Waals surface area contributed by atoms with Gasteiger partial charge >= 0.3 is 0 Å². The van der Waals surface area contributed by atoms with E-state index in [0.29, 0.717) is 17.9 Å². The van der Waals surface area contributed by atoms with E-state index in [1.165, 1.54) is 5.56 Å². The van der Waals surface area contributed by atoms with Crippen LogP contribution in [0.15, 0.2) is 42.5 Å². The van der Waals surface area contributed by atoms with Crippen LogP contribution in [0.5, 0.6) is 11.5 Å². The van der Waals surface area contributed by atoms with E-state index < -0.39 is 0 Å². The molecule has 2 rings (SSSR count). The van der Waals surface area contributed by atoms with Crippen molar-refractivity contribution in [3.63, 3.8) is 0 Å². The monoisotopic (exact) mass is 327 g/mol. The first-order valence-electron chi connectivity index (χ1n) is 7.97. The number of nitrogens with one attached hydrogen (secondary N) is 1. The van der Waals surface area contributed by atoms with Crippen molar-refractivity contribution < 1.29 is 14.3 Å². The van der Waals surface area contributed by atoms with Crippen LogP contribution in [-0.4, -0.2) is 20.1 Å². The van der Waals surface area contributed by atoms with E-state index >= 15 is 0 Å². The number of hydrogen-bond acceptors (Lipinski definition) is 3. The highest BCUT2D eigenvalue weighted by Crippen LogP contribution is 2.26. The van der Waals surface area contributed by atoms with Gasteiger partial charge in [-0.2, -0.15) is 0 Å². The van der Waals surface area contributed by atoms with Gasteiger partial charge in [0, 0.05) is 18.2 Å². The van der Waals surface area contributed by atoms with Gasteiger partial charge in [0.05, 0.1) is 7.11 Å². The molecule has 1 amide bonds. The van der Waals surface area contributed by atoms with Crippen molar-refractivity contribution >= 4 is 5.91 Å². The molecule has 0 saturated carbocycles. The fraction of sp³-hybridized carbons (Fsp3) is 0.350. The van der Waals surface area contributed by atoms with Gasteiger partial charge in [0.1, 0.15) is 18.1 Å². The molecule has 0 unspecified atom stereocenters. The third kappa shape index (κ3) is 4.28. The van der Waals surface area contributed by atoms with Gasteiger partial charge in [-0.25, -0.2) is 0 Å². The van der Waals surface area contributed by atoms with Crippen LogP contribution >= 0.6 is 0 Å². The quantitative estimate of drug-likeness (QED) is 0.905. The fourth-order valence-electron chi connectivity index (χ4n) is 2.39. The molecule has 24 heavy (non-hydrogen) atoms. The van der Waals surface area contributed by atoms with Crippen molar-refractivity contribution in [3.05, 3.63) is 59.2 Å². The summed E-state index contributed by atoms with van der Waals surface area (Å²) in [6.45, 7) is 6.87. The minimum atomic E-state index is -0.131. The minimum absolute atomic E-state index is 0.115. The molecule has 2 aromatic rings. The number of ether oxygens (including phenoxy) is 2. The summed E-state index contributed by atoms with van der Waals surface area (Å²) in [7, 11) is 3.22. The van der Waals surface area contributed by atoms with Crippen LogP contribution in [0.4, 0.5) is 0 Å². The standard InChI is InChI=1S/C20H25NO3/c1-20(2,3)16-7-9-17(10-8-16)24-13-15-12-14(19(22)21-4)6-11-18(15)23-5/h6-12H,13H2,1-5H3,(H,21,22). The molecule has 0 aliphatic rings. The van der Waals surface area contributed by atoms with Crippen molar-refractivity contribution in [1.29, 1.82) is 0 Å². The molecule has 2 aromatic carbocycles. The van der Waals surface area contributed by atoms with Crippen LogP contribution in [0.3, 0.4) is 0 Å². The number of carbonyl (C=O) groups excluding carboxylic acids is 1. The second-order valence-corrected chi connectivity index (χ2v) is 6.67. The molecule has 4 heteroatoms. The largest absolute Gasteiger partial charge is 0.496 e. The Labute approximate surface area is 143 Å². The molecular formula is C20H25NO3. The van der Waals surface area contributed by atoms with Gasteiger partial charge in [-0.15, -0.1) is 0 Å². The molecular weight excluding hydrogens is 302 g/mol. The second kappa shape index (κ2) is 7.39. The highest BCUT2D eigenvalue weighted by atomic mass is 16.5. The summed E-state index contributed by atoms with van der Waals surface area (Å²) in [6.07, 6.45) is 0. The molecule has 0 aromatic heterocycles. The Kier molecular flexibility index (Phi) is 5.50. The van der Waals surface area contributed by atoms with E-state index in [9.17, 15) is 4.79 Å². The zero-order valence-electron chi connectivity index (χ0n) is 15.0. The summed E-state index contributed by atoms with van der Waals surface area (Å²) in [5, 5.41) is 2.62. The van der Waals surface area contributed by atoms with Crippen molar-refractivity contribution in [3.8, 4) is 11.5 Å². The first-order valence-corrected chi connectivity index (χ1v) is 7.97. The van der Waals surface area contributed by atoms with E-state index in [2.05, 4.69) is 38.2 Å². The van der Waals surface area contributed by atoms with Crippen LogP contribution in [-0.2, 0) is 12.0 Å². The number of carbonyl (C=O) groups is 1. The molecule has 0 bridgehead atoms. The number of benzene rings is 2. The van der Waals surface area contributed by atoms with Gasteiger partial charge in [0.25, 0.3) is 5.91 Å². The maximum atomic E-state index is 11.8. The first kappa shape index (κ1) is 17.9. The van der Waals surface area contributed by atoms with E-state index in [0.717, 1.165) is 11.3 Å². The summed E-state index contributed by atoms with van der Waals surface area (Å²) in [6, 6.07) is 13.4. The number of amides is 1. The Balaban J connectivity index is 2.14. The van der Waals surface area contributed by atoms with Crippen LogP contribution in [0.25, 0.3) is 0 Å². The maximum Gasteiger partial charge on any atom is 0.251 e.